The van der Waals surface area contributed by atoms with E-state index in [1.807, 2.05) is 0 Å². The summed E-state index contributed by atoms with van der Waals surface area (Å²) in [5, 5.41) is 13.6. The number of nitrogens with one attached hydrogen (secondary N) is 2. The van der Waals surface area contributed by atoms with Gasteiger partial charge in [-0.2, -0.15) is 0 Å². The monoisotopic (exact) mass is 220 g/mol. The largest absolute Gasteiger partial charge is 0.336 e. The first-order chi connectivity index (χ1) is 7.93. The van der Waals surface area contributed by atoms with Crippen molar-refractivity contribution in [2.45, 2.75) is 0 Å². The Morgan fingerprint density at radius 3 is 1.56 bits per heavy atom. The van der Waals surface area contributed by atoms with Crippen molar-refractivity contribution in [2.24, 2.45) is 0 Å². The van der Waals surface area contributed by atoms with Crippen molar-refractivity contribution in [3.05, 3.63) is 12.7 Å². The molecule has 2 N–H and O–H groups in total. The number of aromatic nitrogens is 6. The first kappa shape index (κ1) is 9.13. The Kier molecular flexibility index (Phi) is 2.17. The summed E-state index contributed by atoms with van der Waals surface area (Å²) in [6, 6.07) is 0. The van der Waals surface area contributed by atoms with Gasteiger partial charge in [0.25, 0.3) is 0 Å². The van der Waals surface area contributed by atoms with Crippen LogP contribution in [-0.4, -0.2) is 56.5 Å². The molecule has 3 heterocycles. The highest BCUT2D eigenvalue weighted by molar-refractivity contribution is 5.35. The average Bonchev–Trinajstić information content (AvgIpc) is 3.03. The predicted molar refractivity (Wildman–Crippen MR) is 57.2 cm³/mol. The summed E-state index contributed by atoms with van der Waals surface area (Å²) in [6.07, 6.45) is 3.19. The van der Waals surface area contributed by atoms with Gasteiger partial charge in [0.15, 0.2) is 0 Å². The SMILES string of the molecule is c1nc(N2CCN(c3nc[nH]n3)CC2)n[nH]1. The van der Waals surface area contributed by atoms with Crippen molar-refractivity contribution in [3.63, 3.8) is 0 Å². The third kappa shape index (κ3) is 1.58. The van der Waals surface area contributed by atoms with Crippen LogP contribution >= 0.6 is 0 Å². The first-order valence-corrected chi connectivity index (χ1v) is 5.15. The predicted octanol–water partition coefficient (Wildman–Crippen LogP) is -0.751. The van der Waals surface area contributed by atoms with Crippen LogP contribution in [0.15, 0.2) is 12.7 Å². The first-order valence-electron chi connectivity index (χ1n) is 5.15. The molecular weight excluding hydrogens is 208 g/mol. The van der Waals surface area contributed by atoms with Crippen LogP contribution < -0.4 is 9.80 Å². The molecule has 0 radical (unpaired) electrons. The molecule has 0 aliphatic carbocycles. The van der Waals surface area contributed by atoms with Gasteiger partial charge in [0.2, 0.25) is 11.9 Å². The van der Waals surface area contributed by atoms with E-state index in [9.17, 15) is 0 Å². The summed E-state index contributed by atoms with van der Waals surface area (Å²) in [4.78, 5) is 12.5. The molecule has 0 spiro atoms. The van der Waals surface area contributed by atoms with Crippen LogP contribution in [0.1, 0.15) is 0 Å². The van der Waals surface area contributed by atoms with E-state index >= 15 is 0 Å². The van der Waals surface area contributed by atoms with Crippen LogP contribution in [0.25, 0.3) is 0 Å². The number of H-pyrrole nitrogens is 2. The zero-order chi connectivity index (χ0) is 10.8. The fraction of sp³-hybridized carbons (Fsp3) is 0.500. The van der Waals surface area contributed by atoms with E-state index in [0.29, 0.717) is 0 Å². The van der Waals surface area contributed by atoms with Gasteiger partial charge in [-0.25, -0.2) is 9.97 Å². The van der Waals surface area contributed by atoms with Gasteiger partial charge >= 0.3 is 0 Å². The van der Waals surface area contributed by atoms with E-state index in [2.05, 4.69) is 40.2 Å². The zero-order valence-electron chi connectivity index (χ0n) is 8.67. The van der Waals surface area contributed by atoms with Gasteiger partial charge in [0, 0.05) is 26.2 Å². The van der Waals surface area contributed by atoms with Crippen molar-refractivity contribution < 1.29 is 0 Å². The van der Waals surface area contributed by atoms with Gasteiger partial charge in [0.1, 0.15) is 12.7 Å². The van der Waals surface area contributed by atoms with E-state index in [0.717, 1.165) is 38.1 Å². The standard InChI is InChI=1S/C8H12N8/c1-2-16(8-10-6-12-14-8)4-3-15(1)7-9-5-11-13-7/h5-6H,1-4H2,(H,9,11,13)(H,10,12,14). The fourth-order valence-corrected chi connectivity index (χ4v) is 1.82. The number of aromatic amines is 2. The molecule has 84 valence electrons. The van der Waals surface area contributed by atoms with Crippen LogP contribution in [0.3, 0.4) is 0 Å². The quantitative estimate of drug-likeness (QED) is 0.692. The van der Waals surface area contributed by atoms with Crippen LogP contribution in [0.2, 0.25) is 0 Å². The highest BCUT2D eigenvalue weighted by atomic mass is 15.4. The number of piperazine rings is 1. The maximum Gasteiger partial charge on any atom is 0.244 e. The minimum Gasteiger partial charge on any atom is -0.336 e. The lowest BCUT2D eigenvalue weighted by molar-refractivity contribution is 0.630. The van der Waals surface area contributed by atoms with Gasteiger partial charge < -0.3 is 9.80 Å². The van der Waals surface area contributed by atoms with Gasteiger partial charge in [0.05, 0.1) is 0 Å². The normalized spacial score (nSPS) is 16.8. The molecule has 0 unspecified atom stereocenters. The summed E-state index contributed by atoms with van der Waals surface area (Å²) in [5.74, 6) is 1.52. The summed E-state index contributed by atoms with van der Waals surface area (Å²) in [7, 11) is 0. The van der Waals surface area contributed by atoms with Gasteiger partial charge in [-0.15, -0.1) is 10.2 Å². The molecule has 0 saturated carbocycles. The topological polar surface area (TPSA) is 89.6 Å². The van der Waals surface area contributed by atoms with Crippen molar-refractivity contribution in [1.82, 2.24) is 30.4 Å². The highest BCUT2D eigenvalue weighted by Gasteiger charge is 2.20. The Labute approximate surface area is 91.7 Å². The number of nitrogens with zero attached hydrogens (tertiary/aromatic N) is 6. The molecule has 1 fully saturated rings. The van der Waals surface area contributed by atoms with E-state index in [1.54, 1.807) is 12.7 Å². The average molecular weight is 220 g/mol. The smallest absolute Gasteiger partial charge is 0.244 e. The maximum atomic E-state index is 4.13. The third-order valence-corrected chi connectivity index (χ3v) is 2.65. The summed E-state index contributed by atoms with van der Waals surface area (Å²) in [5.41, 5.74) is 0. The minimum absolute atomic E-state index is 0.759. The Morgan fingerprint density at radius 1 is 0.812 bits per heavy atom. The molecule has 8 nitrogen and oxygen atoms in total. The van der Waals surface area contributed by atoms with Crippen molar-refractivity contribution in [3.8, 4) is 0 Å². The molecule has 0 bridgehead atoms. The lowest BCUT2D eigenvalue weighted by atomic mass is 10.3. The number of rotatable bonds is 2. The number of hydrogen-bond acceptors (Lipinski definition) is 6. The van der Waals surface area contributed by atoms with Gasteiger partial charge in [-0.3, -0.25) is 10.2 Å². The number of anilines is 2. The summed E-state index contributed by atoms with van der Waals surface area (Å²) >= 11 is 0. The lowest BCUT2D eigenvalue weighted by Gasteiger charge is -2.33. The molecule has 2 aromatic rings. The van der Waals surface area contributed by atoms with Gasteiger partial charge in [-0.05, 0) is 0 Å². The third-order valence-electron chi connectivity index (χ3n) is 2.65. The Morgan fingerprint density at radius 2 is 1.25 bits per heavy atom. The van der Waals surface area contributed by atoms with E-state index in [-0.39, 0.29) is 0 Å². The zero-order valence-corrected chi connectivity index (χ0v) is 8.67. The van der Waals surface area contributed by atoms with Gasteiger partial charge in [-0.1, -0.05) is 0 Å². The Bertz CT molecular complexity index is 371. The summed E-state index contributed by atoms with van der Waals surface area (Å²) < 4.78 is 0. The second kappa shape index (κ2) is 3.80. The Hall–Kier alpha value is -2.12. The highest BCUT2D eigenvalue weighted by Crippen LogP contribution is 2.12. The van der Waals surface area contributed by atoms with Crippen molar-refractivity contribution in [1.29, 1.82) is 0 Å². The molecule has 1 aliphatic heterocycles. The minimum atomic E-state index is 0.759. The van der Waals surface area contributed by atoms with E-state index in [1.165, 1.54) is 0 Å². The molecule has 1 saturated heterocycles. The van der Waals surface area contributed by atoms with E-state index in [4.69, 9.17) is 0 Å². The second-order valence-electron chi connectivity index (χ2n) is 3.57. The summed E-state index contributed by atoms with van der Waals surface area (Å²) in [6.45, 7) is 3.53. The van der Waals surface area contributed by atoms with E-state index < -0.39 is 0 Å². The van der Waals surface area contributed by atoms with Crippen LogP contribution in [0, 0.1) is 0 Å². The molecule has 0 atom stereocenters. The molecule has 3 rings (SSSR count). The van der Waals surface area contributed by atoms with Crippen LogP contribution in [-0.2, 0) is 0 Å². The molecule has 2 aromatic heterocycles. The molecule has 8 heteroatoms. The molecule has 16 heavy (non-hydrogen) atoms. The molecule has 0 aromatic carbocycles. The second-order valence-corrected chi connectivity index (χ2v) is 3.57. The number of hydrogen-bond donors (Lipinski definition) is 2. The van der Waals surface area contributed by atoms with Crippen LogP contribution in [0.4, 0.5) is 11.9 Å². The lowest BCUT2D eigenvalue weighted by Crippen LogP contribution is -2.47. The van der Waals surface area contributed by atoms with Crippen LogP contribution in [0.5, 0.6) is 0 Å². The van der Waals surface area contributed by atoms with Crippen molar-refractivity contribution >= 4 is 11.9 Å². The Balaban J connectivity index is 1.64. The molecule has 0 amide bonds. The maximum absolute atomic E-state index is 4.13. The van der Waals surface area contributed by atoms with Crippen molar-refractivity contribution in [2.75, 3.05) is 36.0 Å². The molecule has 1 aliphatic rings. The molecular formula is C8H12N8. The fourth-order valence-electron chi connectivity index (χ4n) is 1.82.